The van der Waals surface area contributed by atoms with Gasteiger partial charge in [0.1, 0.15) is 5.60 Å². The van der Waals surface area contributed by atoms with Crippen LogP contribution in [0.5, 0.6) is 0 Å². The van der Waals surface area contributed by atoms with Crippen molar-refractivity contribution in [2.75, 3.05) is 0 Å². The number of ether oxygens (including phenoxy) is 1. The first-order valence-corrected chi connectivity index (χ1v) is 7.57. The minimum atomic E-state index is -0.414. The molecule has 19 heavy (non-hydrogen) atoms. The molecule has 4 nitrogen and oxygen atoms in total. The Bertz CT molecular complexity index is 319. The number of rotatable bonds is 3. The maximum atomic E-state index is 11.7. The van der Waals surface area contributed by atoms with Crippen LogP contribution in [0.2, 0.25) is 0 Å². The van der Waals surface area contributed by atoms with Gasteiger partial charge in [-0.15, -0.1) is 0 Å². The Morgan fingerprint density at radius 3 is 2.26 bits per heavy atom. The van der Waals surface area contributed by atoms with Crippen LogP contribution in [0.25, 0.3) is 0 Å². The molecule has 2 aliphatic rings. The largest absolute Gasteiger partial charge is 0.444 e. The zero-order valence-electron chi connectivity index (χ0n) is 12.7. The lowest BCUT2D eigenvalue weighted by Crippen LogP contribution is -2.45. The van der Waals surface area contributed by atoms with Gasteiger partial charge in [0, 0.05) is 18.1 Å². The van der Waals surface area contributed by atoms with Crippen molar-refractivity contribution in [2.24, 2.45) is 5.92 Å². The highest BCUT2D eigenvalue weighted by molar-refractivity contribution is 5.68. The van der Waals surface area contributed by atoms with E-state index in [4.69, 9.17) is 4.74 Å². The van der Waals surface area contributed by atoms with Crippen LogP contribution >= 0.6 is 0 Å². The van der Waals surface area contributed by atoms with E-state index in [1.807, 2.05) is 20.8 Å². The van der Waals surface area contributed by atoms with Crippen molar-refractivity contribution >= 4 is 6.09 Å². The highest BCUT2D eigenvalue weighted by Gasteiger charge is 2.32. The van der Waals surface area contributed by atoms with Crippen molar-refractivity contribution in [2.45, 2.75) is 83.5 Å². The minimum Gasteiger partial charge on any atom is -0.444 e. The molecule has 0 saturated heterocycles. The molecular weight excluding hydrogens is 240 g/mol. The van der Waals surface area contributed by atoms with Gasteiger partial charge in [-0.3, -0.25) is 0 Å². The lowest BCUT2D eigenvalue weighted by Gasteiger charge is -2.35. The average Bonchev–Trinajstić information content (AvgIpc) is 2.60. The summed E-state index contributed by atoms with van der Waals surface area (Å²) in [6.07, 6.45) is 5.58. The van der Waals surface area contributed by atoms with Crippen molar-refractivity contribution in [3.8, 4) is 0 Å². The van der Waals surface area contributed by atoms with Gasteiger partial charge in [0.05, 0.1) is 0 Å². The molecule has 1 amide bonds. The van der Waals surface area contributed by atoms with E-state index in [1.165, 1.54) is 12.8 Å². The first-order valence-electron chi connectivity index (χ1n) is 7.57. The zero-order valence-corrected chi connectivity index (χ0v) is 12.7. The Balaban J connectivity index is 1.66. The Morgan fingerprint density at radius 1 is 1.05 bits per heavy atom. The standard InChI is InChI=1S/C15H28N2O2/c1-10-7-13(8-10)16-11-5-6-12(9-11)17-14(18)19-15(2,3)4/h10-13,16H,5-9H2,1-4H3,(H,17,18). The van der Waals surface area contributed by atoms with Crippen LogP contribution in [-0.4, -0.2) is 29.8 Å². The fourth-order valence-electron chi connectivity index (χ4n) is 3.11. The topological polar surface area (TPSA) is 50.4 Å². The maximum absolute atomic E-state index is 11.7. The molecular formula is C15H28N2O2. The molecule has 4 heteroatoms. The molecule has 2 saturated carbocycles. The summed E-state index contributed by atoms with van der Waals surface area (Å²) in [6, 6.07) is 1.54. The van der Waals surface area contributed by atoms with Crippen LogP contribution in [0.4, 0.5) is 4.79 Å². The first-order chi connectivity index (χ1) is 8.82. The number of carbonyl (C=O) groups is 1. The third-order valence-electron chi connectivity index (χ3n) is 4.00. The Labute approximate surface area is 116 Å². The van der Waals surface area contributed by atoms with Gasteiger partial charge in [0.2, 0.25) is 0 Å². The summed E-state index contributed by atoms with van der Waals surface area (Å²) in [5.74, 6) is 0.884. The molecule has 0 aromatic carbocycles. The van der Waals surface area contributed by atoms with Gasteiger partial charge in [-0.25, -0.2) is 4.79 Å². The van der Waals surface area contributed by atoms with Crippen LogP contribution in [-0.2, 0) is 4.74 Å². The summed E-state index contributed by atoms with van der Waals surface area (Å²) in [5, 5.41) is 6.69. The summed E-state index contributed by atoms with van der Waals surface area (Å²) in [4.78, 5) is 11.7. The molecule has 0 bridgehead atoms. The van der Waals surface area contributed by atoms with E-state index in [2.05, 4.69) is 17.6 Å². The van der Waals surface area contributed by atoms with Gasteiger partial charge in [0.25, 0.3) is 0 Å². The van der Waals surface area contributed by atoms with Gasteiger partial charge in [-0.1, -0.05) is 6.92 Å². The smallest absolute Gasteiger partial charge is 0.407 e. The predicted octanol–water partition coefficient (Wildman–Crippen LogP) is 2.82. The molecule has 2 fully saturated rings. The Morgan fingerprint density at radius 2 is 1.68 bits per heavy atom. The predicted molar refractivity (Wildman–Crippen MR) is 76.1 cm³/mol. The summed E-state index contributed by atoms with van der Waals surface area (Å²) < 4.78 is 5.29. The number of carbonyl (C=O) groups excluding carboxylic acids is 1. The molecule has 0 heterocycles. The molecule has 2 aliphatic carbocycles. The van der Waals surface area contributed by atoms with E-state index >= 15 is 0 Å². The monoisotopic (exact) mass is 268 g/mol. The molecule has 0 aromatic rings. The molecule has 110 valence electrons. The molecule has 0 spiro atoms. The van der Waals surface area contributed by atoms with Crippen LogP contribution < -0.4 is 10.6 Å². The van der Waals surface area contributed by atoms with Crippen LogP contribution in [0.15, 0.2) is 0 Å². The second kappa shape index (κ2) is 5.70. The van der Waals surface area contributed by atoms with Gasteiger partial charge < -0.3 is 15.4 Å². The van der Waals surface area contributed by atoms with Crippen molar-refractivity contribution in [1.82, 2.24) is 10.6 Å². The van der Waals surface area contributed by atoms with Crippen molar-refractivity contribution in [1.29, 1.82) is 0 Å². The Hall–Kier alpha value is -0.770. The lowest BCUT2D eigenvalue weighted by molar-refractivity contribution is 0.0505. The molecule has 0 radical (unpaired) electrons. The normalized spacial score (nSPS) is 34.7. The van der Waals surface area contributed by atoms with E-state index in [0.717, 1.165) is 25.2 Å². The van der Waals surface area contributed by atoms with E-state index in [-0.39, 0.29) is 12.1 Å². The minimum absolute atomic E-state index is 0.268. The van der Waals surface area contributed by atoms with Crippen molar-refractivity contribution < 1.29 is 9.53 Å². The summed E-state index contributed by atoms with van der Waals surface area (Å²) in [6.45, 7) is 7.98. The third kappa shape index (κ3) is 4.68. The second-order valence-corrected chi connectivity index (χ2v) is 7.29. The number of amides is 1. The molecule has 2 atom stereocenters. The van der Waals surface area contributed by atoms with Gasteiger partial charge >= 0.3 is 6.09 Å². The summed E-state index contributed by atoms with van der Waals surface area (Å²) >= 11 is 0. The maximum Gasteiger partial charge on any atom is 0.407 e. The molecule has 0 aromatic heterocycles. The number of alkyl carbamates (subject to hydrolysis) is 1. The van der Waals surface area contributed by atoms with Gasteiger partial charge in [0.15, 0.2) is 0 Å². The number of hydrogen-bond donors (Lipinski definition) is 2. The molecule has 2 rings (SSSR count). The average molecular weight is 268 g/mol. The zero-order chi connectivity index (χ0) is 14.0. The summed E-state index contributed by atoms with van der Waals surface area (Å²) in [7, 11) is 0. The first kappa shape index (κ1) is 14.6. The molecule has 2 unspecified atom stereocenters. The van der Waals surface area contributed by atoms with E-state index in [1.54, 1.807) is 0 Å². The highest BCUT2D eigenvalue weighted by atomic mass is 16.6. The number of nitrogens with one attached hydrogen (secondary N) is 2. The van der Waals surface area contributed by atoms with Crippen LogP contribution in [0.3, 0.4) is 0 Å². The quantitative estimate of drug-likeness (QED) is 0.827. The number of hydrogen-bond acceptors (Lipinski definition) is 3. The van der Waals surface area contributed by atoms with Crippen LogP contribution in [0.1, 0.15) is 59.8 Å². The SMILES string of the molecule is CC1CC(NC2CCC(NC(=O)OC(C)(C)C)C2)C1. The highest BCUT2D eigenvalue weighted by Crippen LogP contribution is 2.29. The fourth-order valence-corrected chi connectivity index (χ4v) is 3.11. The summed E-state index contributed by atoms with van der Waals surface area (Å²) in [5.41, 5.74) is -0.414. The second-order valence-electron chi connectivity index (χ2n) is 7.29. The van der Waals surface area contributed by atoms with E-state index < -0.39 is 5.60 Å². The third-order valence-corrected chi connectivity index (χ3v) is 4.00. The van der Waals surface area contributed by atoms with Gasteiger partial charge in [-0.2, -0.15) is 0 Å². The fraction of sp³-hybridized carbons (Fsp3) is 0.933. The van der Waals surface area contributed by atoms with E-state index in [9.17, 15) is 4.79 Å². The molecule has 2 N–H and O–H groups in total. The van der Waals surface area contributed by atoms with Crippen LogP contribution in [0, 0.1) is 5.92 Å². The van der Waals surface area contributed by atoms with Crippen molar-refractivity contribution in [3.63, 3.8) is 0 Å². The molecule has 0 aliphatic heterocycles. The van der Waals surface area contributed by atoms with Gasteiger partial charge in [-0.05, 0) is 58.8 Å². The lowest BCUT2D eigenvalue weighted by atomic mass is 9.81. The Kier molecular flexibility index (Phi) is 4.39. The van der Waals surface area contributed by atoms with E-state index in [0.29, 0.717) is 12.1 Å². The van der Waals surface area contributed by atoms with Crippen molar-refractivity contribution in [3.05, 3.63) is 0 Å².